The third kappa shape index (κ3) is 6.41. The molecule has 3 nitrogen and oxygen atoms in total. The maximum absolute atomic E-state index is 13.5. The molecule has 1 saturated heterocycles. The van der Waals surface area contributed by atoms with Crippen molar-refractivity contribution < 1.29 is 13.5 Å². The fourth-order valence-electron chi connectivity index (χ4n) is 4.34. The summed E-state index contributed by atoms with van der Waals surface area (Å²) in [5, 5.41) is 3.62. The standard InChI is InChI=1S/C21H34F2N2OS/c1-27(2,3)25-20-5-4-10-24-21(20)14-26-19-8-6-15(7-9-19)16-11-17(22)13-18(23)12-16/h11-13,15,19-21,24-25H,4-10,14H2,1-3H3/t15-,19+,20-,21-/m0/s1. The van der Waals surface area contributed by atoms with Gasteiger partial charge < -0.3 is 10.1 Å². The molecule has 3 rings (SSSR count). The quantitative estimate of drug-likeness (QED) is 0.746. The van der Waals surface area contributed by atoms with Crippen LogP contribution in [0.25, 0.3) is 0 Å². The number of hydrogen-bond donors (Lipinski definition) is 2. The molecule has 154 valence electrons. The molecule has 1 aromatic rings. The van der Waals surface area contributed by atoms with E-state index in [0.29, 0.717) is 12.1 Å². The Balaban J connectivity index is 1.47. The Kier molecular flexibility index (Phi) is 7.17. The third-order valence-corrected chi connectivity index (χ3v) is 6.64. The second-order valence-corrected chi connectivity index (χ2v) is 12.7. The topological polar surface area (TPSA) is 33.3 Å². The van der Waals surface area contributed by atoms with Crippen LogP contribution in [0.3, 0.4) is 0 Å². The molecule has 2 aliphatic rings. The van der Waals surface area contributed by atoms with E-state index >= 15 is 0 Å². The average Bonchev–Trinajstić information content (AvgIpc) is 2.59. The summed E-state index contributed by atoms with van der Waals surface area (Å²) in [6.07, 6.45) is 13.3. The molecule has 1 heterocycles. The van der Waals surface area contributed by atoms with Crippen LogP contribution in [0, 0.1) is 11.6 Å². The molecule has 2 atom stereocenters. The van der Waals surface area contributed by atoms with Gasteiger partial charge in [-0.15, -0.1) is 0 Å². The van der Waals surface area contributed by atoms with Gasteiger partial charge in [-0.2, -0.15) is 10.2 Å². The third-order valence-electron chi connectivity index (χ3n) is 5.63. The van der Waals surface area contributed by atoms with Gasteiger partial charge in [0.15, 0.2) is 0 Å². The molecule has 0 amide bonds. The largest absolute Gasteiger partial charge is 0.377 e. The molecule has 0 bridgehead atoms. The van der Waals surface area contributed by atoms with Crippen molar-refractivity contribution in [2.24, 2.45) is 0 Å². The van der Waals surface area contributed by atoms with E-state index in [-0.39, 0.29) is 12.0 Å². The fraction of sp³-hybridized carbons (Fsp3) is 0.714. The number of piperidine rings is 1. The molecule has 0 aromatic heterocycles. The first kappa shape index (κ1) is 21.0. The van der Waals surface area contributed by atoms with Crippen molar-refractivity contribution in [1.82, 2.24) is 10.0 Å². The summed E-state index contributed by atoms with van der Waals surface area (Å²) in [6, 6.07) is 4.73. The summed E-state index contributed by atoms with van der Waals surface area (Å²) in [6.45, 7) is 1.79. The highest BCUT2D eigenvalue weighted by atomic mass is 32.3. The molecule has 0 radical (unpaired) electrons. The molecular formula is C21H34F2N2OS. The maximum atomic E-state index is 13.5. The number of nitrogens with one attached hydrogen (secondary N) is 2. The van der Waals surface area contributed by atoms with Crippen LogP contribution >= 0.6 is 10.2 Å². The molecule has 1 saturated carbocycles. The summed E-state index contributed by atoms with van der Waals surface area (Å²) in [5.74, 6) is -0.723. The molecule has 0 unspecified atom stereocenters. The first-order chi connectivity index (χ1) is 12.8. The second kappa shape index (κ2) is 9.21. The predicted molar refractivity (Wildman–Crippen MR) is 111 cm³/mol. The van der Waals surface area contributed by atoms with Crippen LogP contribution in [0.15, 0.2) is 18.2 Å². The van der Waals surface area contributed by atoms with Crippen LogP contribution in [-0.4, -0.2) is 50.1 Å². The van der Waals surface area contributed by atoms with E-state index in [2.05, 4.69) is 28.8 Å². The van der Waals surface area contributed by atoms with Crippen molar-refractivity contribution in [2.45, 2.75) is 62.6 Å². The molecule has 1 aliphatic carbocycles. The van der Waals surface area contributed by atoms with Gasteiger partial charge in [-0.05, 0) is 87.5 Å². The van der Waals surface area contributed by atoms with E-state index in [1.807, 2.05) is 0 Å². The number of rotatable bonds is 6. The van der Waals surface area contributed by atoms with E-state index in [0.717, 1.165) is 50.5 Å². The van der Waals surface area contributed by atoms with Crippen molar-refractivity contribution in [3.8, 4) is 0 Å². The van der Waals surface area contributed by atoms with Crippen molar-refractivity contribution >= 4 is 10.2 Å². The molecule has 6 heteroatoms. The lowest BCUT2D eigenvalue weighted by Gasteiger charge is -2.40. The van der Waals surface area contributed by atoms with Crippen LogP contribution < -0.4 is 10.0 Å². The van der Waals surface area contributed by atoms with E-state index < -0.39 is 21.8 Å². The zero-order chi connectivity index (χ0) is 19.4. The molecule has 1 aliphatic heterocycles. The van der Waals surface area contributed by atoms with Crippen LogP contribution in [-0.2, 0) is 4.74 Å². The van der Waals surface area contributed by atoms with Gasteiger partial charge in [0, 0.05) is 18.2 Å². The first-order valence-corrected chi connectivity index (χ1v) is 12.9. The van der Waals surface area contributed by atoms with Crippen LogP contribution in [0.1, 0.15) is 50.0 Å². The van der Waals surface area contributed by atoms with Gasteiger partial charge in [0.25, 0.3) is 0 Å². The average molecular weight is 401 g/mol. The Hall–Kier alpha value is -0.690. The minimum Gasteiger partial charge on any atom is -0.377 e. The zero-order valence-corrected chi connectivity index (χ0v) is 17.6. The van der Waals surface area contributed by atoms with Crippen molar-refractivity contribution in [3.05, 3.63) is 35.4 Å². The lowest BCUT2D eigenvalue weighted by Crippen LogP contribution is -2.54. The van der Waals surface area contributed by atoms with Gasteiger partial charge >= 0.3 is 0 Å². The SMILES string of the molecule is CS(C)(C)N[C@H]1CCCN[C@H]1CO[C@H]1CC[C@@H](c2cc(F)cc(F)c2)CC1. The number of hydrogen-bond acceptors (Lipinski definition) is 3. The van der Waals surface area contributed by atoms with Gasteiger partial charge in [-0.1, -0.05) is 0 Å². The lowest BCUT2D eigenvalue weighted by molar-refractivity contribution is 0.00530. The highest BCUT2D eigenvalue weighted by molar-refractivity contribution is 8.30. The van der Waals surface area contributed by atoms with Gasteiger partial charge in [0.2, 0.25) is 0 Å². The molecule has 0 spiro atoms. The van der Waals surface area contributed by atoms with Crippen molar-refractivity contribution in [1.29, 1.82) is 0 Å². The Morgan fingerprint density at radius 3 is 2.33 bits per heavy atom. The summed E-state index contributed by atoms with van der Waals surface area (Å²) in [7, 11) is -0.752. The molecular weight excluding hydrogens is 366 g/mol. The Morgan fingerprint density at radius 2 is 1.70 bits per heavy atom. The Bertz CT molecular complexity index is 594. The predicted octanol–water partition coefficient (Wildman–Crippen LogP) is 4.33. The summed E-state index contributed by atoms with van der Waals surface area (Å²) in [5.41, 5.74) is 0.789. The monoisotopic (exact) mass is 400 g/mol. The summed E-state index contributed by atoms with van der Waals surface area (Å²) < 4.78 is 37.0. The van der Waals surface area contributed by atoms with Gasteiger partial charge in [-0.3, -0.25) is 4.72 Å². The normalized spacial score (nSPS) is 30.3. The van der Waals surface area contributed by atoms with Gasteiger partial charge in [-0.25, -0.2) is 8.78 Å². The van der Waals surface area contributed by atoms with Crippen LogP contribution in [0.4, 0.5) is 8.78 Å². The van der Waals surface area contributed by atoms with Crippen LogP contribution in [0.5, 0.6) is 0 Å². The number of halogens is 2. The highest BCUT2D eigenvalue weighted by Gasteiger charge is 2.29. The van der Waals surface area contributed by atoms with Crippen LogP contribution in [0.2, 0.25) is 0 Å². The Labute approximate surface area is 164 Å². The minimum atomic E-state index is -0.752. The maximum Gasteiger partial charge on any atom is 0.126 e. The molecule has 27 heavy (non-hydrogen) atoms. The van der Waals surface area contributed by atoms with E-state index in [9.17, 15) is 8.78 Å². The van der Waals surface area contributed by atoms with Crippen molar-refractivity contribution in [3.63, 3.8) is 0 Å². The Morgan fingerprint density at radius 1 is 1.04 bits per heavy atom. The smallest absolute Gasteiger partial charge is 0.126 e. The number of benzene rings is 1. The molecule has 2 N–H and O–H groups in total. The van der Waals surface area contributed by atoms with E-state index in [4.69, 9.17) is 4.74 Å². The van der Waals surface area contributed by atoms with Gasteiger partial charge in [0.05, 0.1) is 12.7 Å². The fourth-order valence-corrected chi connectivity index (χ4v) is 5.53. The van der Waals surface area contributed by atoms with E-state index in [1.165, 1.54) is 25.0 Å². The zero-order valence-electron chi connectivity index (χ0n) is 16.8. The van der Waals surface area contributed by atoms with E-state index in [1.54, 1.807) is 0 Å². The minimum absolute atomic E-state index is 0.238. The molecule has 1 aromatic carbocycles. The molecule has 2 fully saturated rings. The van der Waals surface area contributed by atoms with Crippen molar-refractivity contribution in [2.75, 3.05) is 31.9 Å². The summed E-state index contributed by atoms with van der Waals surface area (Å²) >= 11 is 0. The first-order valence-electron chi connectivity index (χ1n) is 10.1. The summed E-state index contributed by atoms with van der Waals surface area (Å²) in [4.78, 5) is 0. The highest BCUT2D eigenvalue weighted by Crippen LogP contribution is 2.35. The van der Waals surface area contributed by atoms with Gasteiger partial charge in [0.1, 0.15) is 11.6 Å². The second-order valence-electron chi connectivity index (χ2n) is 8.77. The lowest BCUT2D eigenvalue weighted by atomic mass is 9.82. The number of ether oxygens (including phenoxy) is 1.